The van der Waals surface area contributed by atoms with Crippen molar-refractivity contribution >= 4 is 0 Å². The van der Waals surface area contributed by atoms with Gasteiger partial charge >= 0.3 is 0 Å². The maximum atomic E-state index is 6.13. The highest BCUT2D eigenvalue weighted by Crippen LogP contribution is 2.48. The summed E-state index contributed by atoms with van der Waals surface area (Å²) >= 11 is 0. The van der Waals surface area contributed by atoms with Gasteiger partial charge in [-0.2, -0.15) is 0 Å². The summed E-state index contributed by atoms with van der Waals surface area (Å²) in [5, 5.41) is 0. The maximum absolute atomic E-state index is 6.13. The van der Waals surface area contributed by atoms with Gasteiger partial charge in [0.25, 0.3) is 0 Å². The normalized spacial score (nSPS) is 33.8. The molecule has 0 heterocycles. The van der Waals surface area contributed by atoms with Gasteiger partial charge in [0.2, 0.25) is 0 Å². The van der Waals surface area contributed by atoms with E-state index in [4.69, 9.17) is 10.5 Å². The lowest BCUT2D eigenvalue weighted by Crippen LogP contribution is -2.61. The Labute approximate surface area is 93.6 Å². The monoisotopic (exact) mass is 211 g/mol. The summed E-state index contributed by atoms with van der Waals surface area (Å²) in [6.45, 7) is 5.46. The summed E-state index contributed by atoms with van der Waals surface area (Å²) in [4.78, 5) is 0. The van der Waals surface area contributed by atoms with Gasteiger partial charge in [-0.25, -0.2) is 0 Å². The maximum Gasteiger partial charge on any atom is 0.0660 e. The molecule has 2 saturated carbocycles. The van der Waals surface area contributed by atoms with Crippen LogP contribution in [-0.4, -0.2) is 18.8 Å². The van der Waals surface area contributed by atoms with Gasteiger partial charge in [0, 0.05) is 18.1 Å². The van der Waals surface area contributed by atoms with Gasteiger partial charge in [-0.05, 0) is 31.6 Å². The zero-order valence-electron chi connectivity index (χ0n) is 10.2. The van der Waals surface area contributed by atoms with E-state index < -0.39 is 0 Å². The van der Waals surface area contributed by atoms with E-state index in [1.165, 1.54) is 32.1 Å². The van der Waals surface area contributed by atoms with E-state index >= 15 is 0 Å². The van der Waals surface area contributed by atoms with Crippen LogP contribution in [0.2, 0.25) is 0 Å². The van der Waals surface area contributed by atoms with Crippen LogP contribution in [0.5, 0.6) is 0 Å². The minimum Gasteiger partial charge on any atom is -0.378 e. The van der Waals surface area contributed by atoms with Crippen molar-refractivity contribution in [3.63, 3.8) is 0 Å². The van der Waals surface area contributed by atoms with Crippen LogP contribution in [0.25, 0.3) is 0 Å². The molecule has 2 atom stereocenters. The molecular weight excluding hydrogens is 186 g/mol. The molecule has 0 radical (unpaired) electrons. The summed E-state index contributed by atoms with van der Waals surface area (Å²) in [7, 11) is 0. The van der Waals surface area contributed by atoms with Gasteiger partial charge in [-0.3, -0.25) is 0 Å². The third-order valence-corrected chi connectivity index (χ3v) is 4.71. The van der Waals surface area contributed by atoms with Crippen LogP contribution in [0.15, 0.2) is 0 Å². The Kier molecular flexibility index (Phi) is 3.36. The molecule has 15 heavy (non-hydrogen) atoms. The molecule has 0 aliphatic heterocycles. The Balaban J connectivity index is 1.76. The molecule has 2 N–H and O–H groups in total. The van der Waals surface area contributed by atoms with Gasteiger partial charge in [0.15, 0.2) is 0 Å². The van der Waals surface area contributed by atoms with Gasteiger partial charge in [-0.15, -0.1) is 0 Å². The highest BCUT2D eigenvalue weighted by atomic mass is 16.5. The molecule has 2 fully saturated rings. The van der Waals surface area contributed by atoms with E-state index in [1.807, 2.05) is 0 Å². The smallest absolute Gasteiger partial charge is 0.0660 e. The summed E-state index contributed by atoms with van der Waals surface area (Å²) < 4.78 is 6.02. The van der Waals surface area contributed by atoms with Gasteiger partial charge in [0.1, 0.15) is 0 Å². The molecule has 0 amide bonds. The summed E-state index contributed by atoms with van der Waals surface area (Å²) in [6.07, 6.45) is 7.99. The zero-order chi connectivity index (χ0) is 10.9. The lowest BCUT2D eigenvalue weighted by atomic mass is 9.59. The van der Waals surface area contributed by atoms with Crippen molar-refractivity contribution in [2.24, 2.45) is 17.1 Å². The lowest BCUT2D eigenvalue weighted by molar-refractivity contribution is -0.131. The third-order valence-electron chi connectivity index (χ3n) is 4.71. The highest BCUT2D eigenvalue weighted by molar-refractivity contribution is 5.05. The van der Waals surface area contributed by atoms with E-state index in [-0.39, 0.29) is 0 Å². The Morgan fingerprint density at radius 1 is 1.27 bits per heavy atom. The molecule has 2 nitrogen and oxygen atoms in total. The third kappa shape index (κ3) is 2.07. The first-order valence-electron chi connectivity index (χ1n) is 6.60. The van der Waals surface area contributed by atoms with E-state index in [9.17, 15) is 0 Å². The second-order valence-corrected chi connectivity index (χ2v) is 5.37. The highest BCUT2D eigenvalue weighted by Gasteiger charge is 2.51. The van der Waals surface area contributed by atoms with E-state index in [2.05, 4.69) is 13.8 Å². The fraction of sp³-hybridized carbons (Fsp3) is 1.00. The molecule has 0 spiro atoms. The van der Waals surface area contributed by atoms with Crippen LogP contribution in [0.1, 0.15) is 52.4 Å². The molecule has 2 aliphatic carbocycles. The quantitative estimate of drug-likeness (QED) is 0.733. The van der Waals surface area contributed by atoms with E-state index in [0.29, 0.717) is 17.6 Å². The van der Waals surface area contributed by atoms with Crippen molar-refractivity contribution in [3.8, 4) is 0 Å². The van der Waals surface area contributed by atoms with Crippen molar-refractivity contribution in [1.82, 2.24) is 0 Å². The first-order valence-corrected chi connectivity index (χ1v) is 6.60. The van der Waals surface area contributed by atoms with Crippen molar-refractivity contribution in [3.05, 3.63) is 0 Å². The van der Waals surface area contributed by atoms with Gasteiger partial charge in [0.05, 0.1) is 6.10 Å². The first kappa shape index (κ1) is 11.4. The lowest BCUT2D eigenvalue weighted by Gasteiger charge is -2.53. The number of hydrogen-bond donors (Lipinski definition) is 1. The summed E-state index contributed by atoms with van der Waals surface area (Å²) in [5.41, 5.74) is 6.43. The Hall–Kier alpha value is -0.0800. The minimum atomic E-state index is 0.295. The predicted octanol–water partition coefficient (Wildman–Crippen LogP) is 2.71. The molecule has 0 aromatic carbocycles. The number of rotatable bonds is 6. The fourth-order valence-electron chi connectivity index (χ4n) is 3.03. The number of ether oxygens (including phenoxy) is 1. The zero-order valence-corrected chi connectivity index (χ0v) is 10.2. The first-order chi connectivity index (χ1) is 7.23. The molecule has 0 saturated heterocycles. The van der Waals surface area contributed by atoms with Gasteiger partial charge in [-0.1, -0.05) is 26.7 Å². The summed E-state index contributed by atoms with van der Waals surface area (Å²) in [6, 6.07) is 0.374. The van der Waals surface area contributed by atoms with Crippen LogP contribution < -0.4 is 5.73 Å². The standard InChI is InChI=1S/C13H25NO/c1-3-13(4-2)11(14)9-12(13)15-8-7-10-5-6-10/h10-12H,3-9,14H2,1-2H3. The van der Waals surface area contributed by atoms with E-state index in [0.717, 1.165) is 18.9 Å². The predicted molar refractivity (Wildman–Crippen MR) is 62.7 cm³/mol. The molecule has 2 rings (SSSR count). The topological polar surface area (TPSA) is 35.2 Å². The Morgan fingerprint density at radius 2 is 1.93 bits per heavy atom. The van der Waals surface area contributed by atoms with Crippen LogP contribution in [0, 0.1) is 11.3 Å². The molecule has 0 aromatic rings. The molecule has 2 heteroatoms. The molecule has 0 bridgehead atoms. The summed E-state index contributed by atoms with van der Waals surface area (Å²) in [5.74, 6) is 0.983. The Morgan fingerprint density at radius 3 is 2.40 bits per heavy atom. The van der Waals surface area contributed by atoms with Crippen LogP contribution >= 0.6 is 0 Å². The van der Waals surface area contributed by atoms with Crippen LogP contribution in [0.3, 0.4) is 0 Å². The Bertz CT molecular complexity index is 209. The van der Waals surface area contributed by atoms with Crippen molar-refractivity contribution in [2.75, 3.05) is 6.61 Å². The molecule has 2 aliphatic rings. The van der Waals surface area contributed by atoms with E-state index in [1.54, 1.807) is 0 Å². The molecular formula is C13H25NO. The van der Waals surface area contributed by atoms with Crippen molar-refractivity contribution < 1.29 is 4.74 Å². The number of hydrogen-bond acceptors (Lipinski definition) is 2. The second kappa shape index (κ2) is 4.42. The van der Waals surface area contributed by atoms with Gasteiger partial charge < -0.3 is 10.5 Å². The van der Waals surface area contributed by atoms with Crippen LogP contribution in [0.4, 0.5) is 0 Å². The second-order valence-electron chi connectivity index (χ2n) is 5.37. The minimum absolute atomic E-state index is 0.295. The molecule has 0 aromatic heterocycles. The van der Waals surface area contributed by atoms with Crippen molar-refractivity contribution in [2.45, 2.75) is 64.5 Å². The number of nitrogens with two attached hydrogens (primary N) is 1. The van der Waals surface area contributed by atoms with Crippen molar-refractivity contribution in [1.29, 1.82) is 0 Å². The molecule has 88 valence electrons. The average Bonchev–Trinajstić information content (AvgIpc) is 3.02. The largest absolute Gasteiger partial charge is 0.378 e. The molecule has 2 unspecified atom stereocenters. The SMILES string of the molecule is CCC1(CC)C(N)CC1OCCC1CC1. The average molecular weight is 211 g/mol. The van der Waals surface area contributed by atoms with Crippen LogP contribution in [-0.2, 0) is 4.74 Å². The fourth-order valence-corrected chi connectivity index (χ4v) is 3.03.